The number of halogens is 1. The molecular formula is C23H27ClN2O3. The first-order valence-corrected chi connectivity index (χ1v) is 10.4. The molecule has 3 rings (SSSR count). The number of Topliss-reactive ketones (excluding diaryl/α,β-unsaturated/α-hetero) is 1. The molecule has 29 heavy (non-hydrogen) atoms. The van der Waals surface area contributed by atoms with Crippen molar-refractivity contribution < 1.29 is 14.7 Å². The molecule has 0 radical (unpaired) electrons. The van der Waals surface area contributed by atoms with Gasteiger partial charge in [-0.2, -0.15) is 0 Å². The predicted molar refractivity (Wildman–Crippen MR) is 114 cm³/mol. The Morgan fingerprint density at radius 1 is 1.03 bits per heavy atom. The zero-order valence-corrected chi connectivity index (χ0v) is 17.5. The number of likely N-dealkylation sites (tertiary alicyclic amines) is 1. The lowest BCUT2D eigenvalue weighted by molar-refractivity contribution is -0.127. The van der Waals surface area contributed by atoms with Gasteiger partial charge in [0.1, 0.15) is 5.75 Å². The van der Waals surface area contributed by atoms with E-state index in [1.165, 1.54) is 12.1 Å². The summed E-state index contributed by atoms with van der Waals surface area (Å²) >= 11 is 5.92. The second kappa shape index (κ2) is 9.42. The molecule has 0 aliphatic carbocycles. The van der Waals surface area contributed by atoms with Gasteiger partial charge in [0.15, 0.2) is 5.78 Å². The van der Waals surface area contributed by atoms with E-state index in [1.54, 1.807) is 12.1 Å². The average Bonchev–Trinajstić information content (AvgIpc) is 2.73. The molecule has 2 aromatic carbocycles. The smallest absolute Gasteiger partial charge is 0.237 e. The highest BCUT2D eigenvalue weighted by molar-refractivity contribution is 6.30. The van der Waals surface area contributed by atoms with Gasteiger partial charge in [-0.3, -0.25) is 14.5 Å². The first-order valence-electron chi connectivity index (χ1n) is 9.98. The summed E-state index contributed by atoms with van der Waals surface area (Å²) in [5, 5.41) is 13.1. The van der Waals surface area contributed by atoms with Crippen molar-refractivity contribution in [3.05, 3.63) is 64.7 Å². The van der Waals surface area contributed by atoms with Crippen LogP contribution in [0.15, 0.2) is 48.5 Å². The molecule has 2 atom stereocenters. The van der Waals surface area contributed by atoms with Crippen molar-refractivity contribution in [3.63, 3.8) is 0 Å². The number of piperidine rings is 1. The van der Waals surface area contributed by atoms with Gasteiger partial charge in [0.2, 0.25) is 5.91 Å². The van der Waals surface area contributed by atoms with E-state index >= 15 is 0 Å². The van der Waals surface area contributed by atoms with Crippen molar-refractivity contribution in [1.82, 2.24) is 10.2 Å². The van der Waals surface area contributed by atoms with Gasteiger partial charge in [-0.15, -0.1) is 0 Å². The largest absolute Gasteiger partial charge is 0.508 e. The van der Waals surface area contributed by atoms with E-state index in [4.69, 9.17) is 11.6 Å². The van der Waals surface area contributed by atoms with Gasteiger partial charge in [-0.25, -0.2) is 0 Å². The Labute approximate surface area is 176 Å². The number of nitrogens with zero attached hydrogens (tertiary/aromatic N) is 1. The fourth-order valence-corrected chi connectivity index (χ4v) is 3.87. The third kappa shape index (κ3) is 5.37. The second-order valence-corrected chi connectivity index (χ2v) is 8.12. The highest BCUT2D eigenvalue weighted by atomic mass is 35.5. The number of carbonyl (C=O) groups excluding carboxylic acids is 2. The van der Waals surface area contributed by atoms with Crippen LogP contribution >= 0.6 is 11.6 Å². The zero-order valence-electron chi connectivity index (χ0n) is 16.8. The Kier molecular flexibility index (Phi) is 6.93. The van der Waals surface area contributed by atoms with Gasteiger partial charge in [0.05, 0.1) is 12.1 Å². The summed E-state index contributed by atoms with van der Waals surface area (Å²) in [5.74, 6) is 0.206. The molecule has 0 spiro atoms. The fraction of sp³-hybridized carbons (Fsp3) is 0.391. The number of phenolic OH excluding ortho intramolecular Hbond substituents is 1. The average molecular weight is 415 g/mol. The molecule has 6 heteroatoms. The number of phenols is 1. The topological polar surface area (TPSA) is 69.6 Å². The van der Waals surface area contributed by atoms with Crippen LogP contribution in [0.5, 0.6) is 5.75 Å². The SMILES string of the molecule is CC(NC(=O)C(C)N1CCC(C(=O)c2ccc(O)cc2)CC1)c1ccc(Cl)cc1. The van der Waals surface area contributed by atoms with E-state index in [-0.39, 0.29) is 35.4 Å². The Morgan fingerprint density at radius 2 is 1.62 bits per heavy atom. The minimum Gasteiger partial charge on any atom is -0.508 e. The van der Waals surface area contributed by atoms with Crippen LogP contribution < -0.4 is 5.32 Å². The van der Waals surface area contributed by atoms with Crippen molar-refractivity contribution in [2.45, 2.75) is 38.8 Å². The molecule has 2 unspecified atom stereocenters. The summed E-state index contributed by atoms with van der Waals surface area (Å²) in [4.78, 5) is 27.5. The van der Waals surface area contributed by atoms with Crippen molar-refractivity contribution in [2.24, 2.45) is 5.92 Å². The third-order valence-corrected chi connectivity index (χ3v) is 5.96. The Bertz CT molecular complexity index is 843. The van der Waals surface area contributed by atoms with Crippen LogP contribution in [0.25, 0.3) is 0 Å². The number of aromatic hydroxyl groups is 1. The van der Waals surface area contributed by atoms with E-state index in [9.17, 15) is 14.7 Å². The number of ketones is 1. The number of hydrogen-bond donors (Lipinski definition) is 2. The fourth-order valence-electron chi connectivity index (χ4n) is 3.74. The maximum Gasteiger partial charge on any atom is 0.237 e. The van der Waals surface area contributed by atoms with Crippen LogP contribution in [-0.2, 0) is 4.79 Å². The summed E-state index contributed by atoms with van der Waals surface area (Å²) < 4.78 is 0. The molecule has 2 aromatic rings. The molecular weight excluding hydrogens is 388 g/mol. The highest BCUT2D eigenvalue weighted by Crippen LogP contribution is 2.24. The summed E-state index contributed by atoms with van der Waals surface area (Å²) in [5.41, 5.74) is 1.64. The van der Waals surface area contributed by atoms with Crippen molar-refractivity contribution >= 4 is 23.3 Å². The first kappa shape index (κ1) is 21.3. The summed E-state index contributed by atoms with van der Waals surface area (Å²) in [7, 11) is 0. The van der Waals surface area contributed by atoms with Gasteiger partial charge in [0.25, 0.3) is 0 Å². The quantitative estimate of drug-likeness (QED) is 0.695. The van der Waals surface area contributed by atoms with Gasteiger partial charge < -0.3 is 10.4 Å². The summed E-state index contributed by atoms with van der Waals surface area (Å²) in [6.45, 7) is 5.28. The van der Waals surface area contributed by atoms with Crippen molar-refractivity contribution in [2.75, 3.05) is 13.1 Å². The highest BCUT2D eigenvalue weighted by Gasteiger charge is 2.30. The maximum absolute atomic E-state index is 12.7. The number of carbonyl (C=O) groups is 2. The molecule has 1 amide bonds. The molecule has 5 nitrogen and oxygen atoms in total. The van der Waals surface area contributed by atoms with Crippen molar-refractivity contribution in [1.29, 1.82) is 0 Å². The van der Waals surface area contributed by atoms with Gasteiger partial charge >= 0.3 is 0 Å². The Hall–Kier alpha value is -2.37. The van der Waals surface area contributed by atoms with Crippen LogP contribution in [0.2, 0.25) is 5.02 Å². The number of benzene rings is 2. The van der Waals surface area contributed by atoms with E-state index in [2.05, 4.69) is 10.2 Å². The molecule has 0 saturated carbocycles. The van der Waals surface area contributed by atoms with E-state index < -0.39 is 0 Å². The normalized spacial score (nSPS) is 17.5. The molecule has 1 saturated heterocycles. The lowest BCUT2D eigenvalue weighted by atomic mass is 9.88. The minimum absolute atomic E-state index is 0.0178. The standard InChI is InChI=1S/C23H27ClN2O3/c1-15(17-3-7-20(24)8-4-17)25-23(29)16(2)26-13-11-19(12-14-26)22(28)18-5-9-21(27)10-6-18/h3-10,15-16,19,27H,11-14H2,1-2H3,(H,25,29). The molecule has 1 aliphatic rings. The molecule has 1 heterocycles. The van der Waals surface area contributed by atoms with Crippen LogP contribution in [0.4, 0.5) is 0 Å². The van der Waals surface area contributed by atoms with Gasteiger partial charge in [0, 0.05) is 16.5 Å². The molecule has 2 N–H and O–H groups in total. The minimum atomic E-state index is -0.255. The van der Waals surface area contributed by atoms with Crippen LogP contribution in [0.3, 0.4) is 0 Å². The van der Waals surface area contributed by atoms with E-state index in [0.29, 0.717) is 23.7 Å². The Balaban J connectivity index is 1.51. The molecule has 154 valence electrons. The number of amides is 1. The first-order chi connectivity index (χ1) is 13.8. The second-order valence-electron chi connectivity index (χ2n) is 7.68. The molecule has 0 aromatic heterocycles. The third-order valence-electron chi connectivity index (χ3n) is 5.71. The van der Waals surface area contributed by atoms with E-state index in [0.717, 1.165) is 18.4 Å². The Morgan fingerprint density at radius 3 is 2.21 bits per heavy atom. The maximum atomic E-state index is 12.7. The zero-order chi connectivity index (χ0) is 21.0. The van der Waals surface area contributed by atoms with Crippen LogP contribution in [0, 0.1) is 5.92 Å². The number of nitrogens with one attached hydrogen (secondary N) is 1. The monoisotopic (exact) mass is 414 g/mol. The molecule has 1 fully saturated rings. The lowest BCUT2D eigenvalue weighted by Gasteiger charge is -2.35. The van der Waals surface area contributed by atoms with Gasteiger partial charge in [-0.05, 0) is 81.7 Å². The lowest BCUT2D eigenvalue weighted by Crippen LogP contribution is -2.49. The van der Waals surface area contributed by atoms with Gasteiger partial charge in [-0.1, -0.05) is 23.7 Å². The molecule has 0 bridgehead atoms. The number of rotatable bonds is 6. The predicted octanol–water partition coefficient (Wildman–Crippen LogP) is 4.21. The number of hydrogen-bond acceptors (Lipinski definition) is 4. The van der Waals surface area contributed by atoms with Crippen LogP contribution in [0.1, 0.15) is 48.7 Å². The summed E-state index contributed by atoms with van der Waals surface area (Å²) in [6, 6.07) is 13.5. The van der Waals surface area contributed by atoms with Crippen LogP contribution in [-0.4, -0.2) is 40.8 Å². The summed E-state index contributed by atoms with van der Waals surface area (Å²) in [6.07, 6.45) is 1.45. The molecule has 1 aliphatic heterocycles. The van der Waals surface area contributed by atoms with E-state index in [1.807, 2.05) is 38.1 Å². The van der Waals surface area contributed by atoms with Crippen molar-refractivity contribution in [3.8, 4) is 5.75 Å².